The highest BCUT2D eigenvalue weighted by Gasteiger charge is 2.22. The van der Waals surface area contributed by atoms with E-state index in [1.807, 2.05) is 54.3 Å². The quantitative estimate of drug-likeness (QED) is 0.315. The van der Waals surface area contributed by atoms with Crippen LogP contribution in [0, 0.1) is 5.92 Å². The maximum atomic E-state index is 5.52. The highest BCUT2D eigenvalue weighted by molar-refractivity contribution is 14.0. The number of aliphatic imine (C=N–C) groups is 1. The maximum Gasteiger partial charge on any atom is 0.191 e. The molecule has 7 nitrogen and oxygen atoms in total. The minimum absolute atomic E-state index is 0. The van der Waals surface area contributed by atoms with Gasteiger partial charge in [0, 0.05) is 38.9 Å². The Balaban J connectivity index is 0.00000320. The van der Waals surface area contributed by atoms with Crippen LogP contribution >= 0.6 is 24.0 Å². The van der Waals surface area contributed by atoms with Crippen molar-refractivity contribution < 1.29 is 4.74 Å². The van der Waals surface area contributed by atoms with Crippen LogP contribution in [0.2, 0.25) is 0 Å². The largest absolute Gasteiger partial charge is 0.379 e. The zero-order chi connectivity index (χ0) is 20.5. The molecule has 1 aliphatic heterocycles. The summed E-state index contributed by atoms with van der Waals surface area (Å²) in [6.45, 7) is 9.72. The second kappa shape index (κ2) is 12.9. The Labute approximate surface area is 197 Å². The minimum Gasteiger partial charge on any atom is -0.379 e. The van der Waals surface area contributed by atoms with Gasteiger partial charge in [-0.2, -0.15) is 5.10 Å². The normalized spacial score (nSPS) is 16.2. The summed E-state index contributed by atoms with van der Waals surface area (Å²) in [5, 5.41) is 11.5. The summed E-state index contributed by atoms with van der Waals surface area (Å²) < 4.78 is 7.41. The standard InChI is InChI=1S/C22H34N6O.HI/c1-18(2)15-21(27-11-13-29-14-12-27)17-25-22(23-3)24-16-19-9-10-28(26-19)20-7-5-4-6-8-20;/h4-10,18,21H,11-17H2,1-3H3,(H2,23,24,25);1H. The molecule has 1 aromatic carbocycles. The monoisotopic (exact) mass is 526 g/mol. The minimum atomic E-state index is 0. The lowest BCUT2D eigenvalue weighted by molar-refractivity contribution is 0.0132. The Morgan fingerprint density at radius 2 is 1.87 bits per heavy atom. The number of halogens is 1. The smallest absolute Gasteiger partial charge is 0.191 e. The third kappa shape index (κ3) is 7.55. The second-order valence-corrected chi connectivity index (χ2v) is 7.83. The summed E-state index contributed by atoms with van der Waals surface area (Å²) in [5.41, 5.74) is 2.03. The molecule has 166 valence electrons. The summed E-state index contributed by atoms with van der Waals surface area (Å²) in [5.74, 6) is 1.46. The topological polar surface area (TPSA) is 66.7 Å². The molecule has 1 saturated heterocycles. The van der Waals surface area contributed by atoms with Crippen molar-refractivity contribution in [3.05, 3.63) is 48.3 Å². The number of hydrogen-bond donors (Lipinski definition) is 2. The predicted octanol–water partition coefficient (Wildman–Crippen LogP) is 2.90. The highest BCUT2D eigenvalue weighted by Crippen LogP contribution is 2.13. The molecule has 0 radical (unpaired) electrons. The first kappa shape index (κ1) is 24.6. The molecule has 1 aromatic heterocycles. The molecule has 0 aliphatic carbocycles. The zero-order valence-electron chi connectivity index (χ0n) is 18.3. The van der Waals surface area contributed by atoms with E-state index in [9.17, 15) is 0 Å². The van der Waals surface area contributed by atoms with Gasteiger partial charge in [0.15, 0.2) is 5.96 Å². The van der Waals surface area contributed by atoms with E-state index in [2.05, 4.69) is 39.5 Å². The summed E-state index contributed by atoms with van der Waals surface area (Å²) >= 11 is 0. The van der Waals surface area contributed by atoms with Crippen molar-refractivity contribution in [2.75, 3.05) is 39.9 Å². The van der Waals surface area contributed by atoms with Gasteiger partial charge in [-0.1, -0.05) is 32.0 Å². The number of morpholine rings is 1. The van der Waals surface area contributed by atoms with Gasteiger partial charge in [-0.3, -0.25) is 9.89 Å². The summed E-state index contributed by atoms with van der Waals surface area (Å²) in [4.78, 5) is 6.91. The summed E-state index contributed by atoms with van der Waals surface area (Å²) in [6, 6.07) is 12.6. The van der Waals surface area contributed by atoms with Crippen LogP contribution in [0.15, 0.2) is 47.6 Å². The van der Waals surface area contributed by atoms with E-state index < -0.39 is 0 Å². The Morgan fingerprint density at radius 3 is 2.53 bits per heavy atom. The number of benzene rings is 1. The van der Waals surface area contributed by atoms with Gasteiger partial charge in [-0.05, 0) is 30.5 Å². The second-order valence-electron chi connectivity index (χ2n) is 7.83. The van der Waals surface area contributed by atoms with Gasteiger partial charge in [-0.15, -0.1) is 24.0 Å². The number of aromatic nitrogens is 2. The number of nitrogens with one attached hydrogen (secondary N) is 2. The van der Waals surface area contributed by atoms with Gasteiger partial charge >= 0.3 is 0 Å². The fourth-order valence-electron chi connectivity index (χ4n) is 3.64. The van der Waals surface area contributed by atoms with E-state index in [0.29, 0.717) is 18.5 Å². The molecule has 0 bridgehead atoms. The van der Waals surface area contributed by atoms with Gasteiger partial charge in [0.1, 0.15) is 0 Å². The van der Waals surface area contributed by atoms with E-state index in [0.717, 1.165) is 56.6 Å². The maximum absolute atomic E-state index is 5.52. The molecular formula is C22H35IN6O. The van der Waals surface area contributed by atoms with Gasteiger partial charge < -0.3 is 15.4 Å². The van der Waals surface area contributed by atoms with Crippen LogP contribution in [0.4, 0.5) is 0 Å². The van der Waals surface area contributed by atoms with Gasteiger partial charge in [-0.25, -0.2) is 4.68 Å². The van der Waals surface area contributed by atoms with Crippen LogP contribution in [-0.4, -0.2) is 66.6 Å². The lowest BCUT2D eigenvalue weighted by atomic mass is 10.0. The molecular weight excluding hydrogens is 491 g/mol. The fourth-order valence-corrected chi connectivity index (χ4v) is 3.64. The number of para-hydroxylation sites is 1. The average molecular weight is 526 g/mol. The molecule has 8 heteroatoms. The van der Waals surface area contributed by atoms with Crippen molar-refractivity contribution in [2.24, 2.45) is 10.9 Å². The van der Waals surface area contributed by atoms with Crippen LogP contribution in [0.3, 0.4) is 0 Å². The third-order valence-electron chi connectivity index (χ3n) is 5.14. The van der Waals surface area contributed by atoms with Crippen molar-refractivity contribution in [3.8, 4) is 5.69 Å². The number of hydrogen-bond acceptors (Lipinski definition) is 4. The van der Waals surface area contributed by atoms with Crippen molar-refractivity contribution in [3.63, 3.8) is 0 Å². The van der Waals surface area contributed by atoms with Crippen LogP contribution in [0.5, 0.6) is 0 Å². The van der Waals surface area contributed by atoms with E-state index in [4.69, 9.17) is 4.74 Å². The molecule has 0 amide bonds. The predicted molar refractivity (Wildman–Crippen MR) is 133 cm³/mol. The molecule has 2 N–H and O–H groups in total. The molecule has 2 heterocycles. The van der Waals surface area contributed by atoms with Crippen molar-refractivity contribution in [1.82, 2.24) is 25.3 Å². The molecule has 1 fully saturated rings. The van der Waals surface area contributed by atoms with Crippen LogP contribution in [0.1, 0.15) is 26.0 Å². The molecule has 1 aliphatic rings. The first-order valence-electron chi connectivity index (χ1n) is 10.5. The number of ether oxygens (including phenoxy) is 1. The summed E-state index contributed by atoms with van der Waals surface area (Å²) in [6.07, 6.45) is 3.14. The van der Waals surface area contributed by atoms with Crippen molar-refractivity contribution in [1.29, 1.82) is 0 Å². The molecule has 1 unspecified atom stereocenters. The number of rotatable bonds is 8. The number of nitrogens with zero attached hydrogens (tertiary/aromatic N) is 4. The lowest BCUT2D eigenvalue weighted by Gasteiger charge is -2.35. The highest BCUT2D eigenvalue weighted by atomic mass is 127. The molecule has 2 aromatic rings. The molecule has 0 spiro atoms. The van der Waals surface area contributed by atoms with E-state index in [-0.39, 0.29) is 24.0 Å². The molecule has 0 saturated carbocycles. The first-order valence-corrected chi connectivity index (χ1v) is 10.5. The fraction of sp³-hybridized carbons (Fsp3) is 0.545. The molecule has 1 atom stereocenters. The Morgan fingerprint density at radius 1 is 1.13 bits per heavy atom. The van der Waals surface area contributed by atoms with Crippen LogP contribution < -0.4 is 10.6 Å². The van der Waals surface area contributed by atoms with Crippen LogP contribution in [0.25, 0.3) is 5.69 Å². The number of guanidine groups is 1. The SMILES string of the molecule is CN=C(NCc1ccn(-c2ccccc2)n1)NCC(CC(C)C)N1CCOCC1.I. The van der Waals surface area contributed by atoms with Gasteiger partial charge in [0.2, 0.25) is 0 Å². The Bertz CT molecular complexity index is 758. The van der Waals surface area contributed by atoms with E-state index >= 15 is 0 Å². The lowest BCUT2D eigenvalue weighted by Crippen LogP contribution is -2.51. The summed E-state index contributed by atoms with van der Waals surface area (Å²) in [7, 11) is 1.81. The van der Waals surface area contributed by atoms with E-state index in [1.165, 1.54) is 0 Å². The zero-order valence-corrected chi connectivity index (χ0v) is 20.6. The first-order chi connectivity index (χ1) is 14.2. The Hall–Kier alpha value is -1.65. The molecule has 30 heavy (non-hydrogen) atoms. The average Bonchev–Trinajstić information content (AvgIpc) is 3.23. The van der Waals surface area contributed by atoms with Gasteiger partial charge in [0.05, 0.1) is 31.1 Å². The molecule has 3 rings (SSSR count). The van der Waals surface area contributed by atoms with Crippen LogP contribution in [-0.2, 0) is 11.3 Å². The van der Waals surface area contributed by atoms with Crippen molar-refractivity contribution >= 4 is 29.9 Å². The Kier molecular flexibility index (Phi) is 10.6. The van der Waals surface area contributed by atoms with Crippen molar-refractivity contribution in [2.45, 2.75) is 32.9 Å². The van der Waals surface area contributed by atoms with E-state index in [1.54, 1.807) is 0 Å². The van der Waals surface area contributed by atoms with Gasteiger partial charge in [0.25, 0.3) is 0 Å². The third-order valence-corrected chi connectivity index (χ3v) is 5.14.